The standard InChI is InChI=1S/C36H50O3/c1-21-15-31(37)28(34(4,5)6)18-24(21)13-14-25(26-19-29(35(7,8)9)32(38)16-22(26)2)27-20-30(36(10,11)12)33(39)17-23(27)3/h15-20,25,37-39H,13-14H2,1-12H3. The van der Waals surface area contributed by atoms with Crippen LogP contribution < -0.4 is 0 Å². The first-order chi connectivity index (χ1) is 17.7. The van der Waals surface area contributed by atoms with Gasteiger partial charge in [0, 0.05) is 5.92 Å². The Morgan fingerprint density at radius 2 is 0.846 bits per heavy atom. The summed E-state index contributed by atoms with van der Waals surface area (Å²) in [5.74, 6) is 1.10. The van der Waals surface area contributed by atoms with Crippen molar-refractivity contribution in [3.8, 4) is 17.2 Å². The van der Waals surface area contributed by atoms with Crippen molar-refractivity contribution in [1.82, 2.24) is 0 Å². The largest absolute Gasteiger partial charge is 0.508 e. The van der Waals surface area contributed by atoms with E-state index in [1.54, 1.807) is 0 Å². The van der Waals surface area contributed by atoms with E-state index < -0.39 is 0 Å². The summed E-state index contributed by atoms with van der Waals surface area (Å²) < 4.78 is 0. The molecule has 0 spiro atoms. The second-order valence-electron chi connectivity index (χ2n) is 14.6. The lowest BCUT2D eigenvalue weighted by atomic mass is 9.76. The minimum absolute atomic E-state index is 0.0692. The molecule has 0 aliphatic rings. The minimum Gasteiger partial charge on any atom is -0.508 e. The van der Waals surface area contributed by atoms with Gasteiger partial charge in [0.2, 0.25) is 0 Å². The van der Waals surface area contributed by atoms with Crippen LogP contribution in [0.1, 0.15) is 125 Å². The summed E-state index contributed by atoms with van der Waals surface area (Å²) >= 11 is 0. The molecule has 3 aromatic rings. The van der Waals surface area contributed by atoms with Gasteiger partial charge in [-0.3, -0.25) is 0 Å². The Morgan fingerprint density at radius 3 is 1.21 bits per heavy atom. The van der Waals surface area contributed by atoms with Gasteiger partial charge >= 0.3 is 0 Å². The molecular weight excluding hydrogens is 480 g/mol. The lowest BCUT2D eigenvalue weighted by molar-refractivity contribution is 0.444. The van der Waals surface area contributed by atoms with Crippen LogP contribution in [0.25, 0.3) is 0 Å². The maximum absolute atomic E-state index is 10.9. The zero-order chi connectivity index (χ0) is 29.7. The van der Waals surface area contributed by atoms with Crippen LogP contribution in [0.2, 0.25) is 0 Å². The summed E-state index contributed by atoms with van der Waals surface area (Å²) in [7, 11) is 0. The molecule has 3 aromatic carbocycles. The van der Waals surface area contributed by atoms with Crippen molar-refractivity contribution >= 4 is 0 Å². The molecule has 0 aliphatic heterocycles. The zero-order valence-electron chi connectivity index (χ0n) is 26.3. The number of phenols is 3. The first-order valence-electron chi connectivity index (χ1n) is 14.2. The molecule has 0 amide bonds. The minimum atomic E-state index is -0.202. The van der Waals surface area contributed by atoms with Crippen LogP contribution in [-0.4, -0.2) is 15.3 Å². The fraction of sp³-hybridized carbons (Fsp3) is 0.500. The van der Waals surface area contributed by atoms with Gasteiger partial charge in [-0.1, -0.05) is 80.5 Å². The molecule has 212 valence electrons. The highest BCUT2D eigenvalue weighted by Crippen LogP contribution is 2.43. The number of hydrogen-bond donors (Lipinski definition) is 3. The Morgan fingerprint density at radius 1 is 0.513 bits per heavy atom. The number of rotatable bonds is 5. The summed E-state index contributed by atoms with van der Waals surface area (Å²) in [5, 5.41) is 32.4. The molecule has 0 fully saturated rings. The van der Waals surface area contributed by atoms with Crippen LogP contribution in [0.4, 0.5) is 0 Å². The molecule has 0 heterocycles. The first-order valence-corrected chi connectivity index (χ1v) is 14.2. The number of aryl methyl sites for hydroxylation is 4. The van der Waals surface area contributed by atoms with Crippen LogP contribution in [0.5, 0.6) is 17.2 Å². The number of phenolic OH excluding ortho intramolecular Hbond substituents is 3. The van der Waals surface area contributed by atoms with Gasteiger partial charge in [-0.15, -0.1) is 0 Å². The molecule has 0 saturated heterocycles. The lowest BCUT2D eigenvalue weighted by Gasteiger charge is -2.29. The van der Waals surface area contributed by atoms with Gasteiger partial charge in [-0.05, 0) is 118 Å². The van der Waals surface area contributed by atoms with E-state index in [2.05, 4.69) is 101 Å². The molecule has 39 heavy (non-hydrogen) atoms. The van der Waals surface area contributed by atoms with Gasteiger partial charge in [-0.25, -0.2) is 0 Å². The Bertz CT molecular complexity index is 1290. The molecule has 0 aliphatic carbocycles. The van der Waals surface area contributed by atoms with E-state index >= 15 is 0 Å². The fourth-order valence-electron chi connectivity index (χ4n) is 5.76. The molecule has 3 heteroatoms. The molecule has 3 nitrogen and oxygen atoms in total. The molecule has 0 aromatic heterocycles. The first kappa shape index (κ1) is 30.6. The molecule has 0 atom stereocenters. The van der Waals surface area contributed by atoms with Gasteiger partial charge in [0.1, 0.15) is 17.2 Å². The van der Waals surface area contributed by atoms with E-state index in [1.807, 2.05) is 18.2 Å². The van der Waals surface area contributed by atoms with Crippen molar-refractivity contribution in [2.45, 2.75) is 118 Å². The monoisotopic (exact) mass is 530 g/mol. The van der Waals surface area contributed by atoms with Crippen molar-refractivity contribution in [2.75, 3.05) is 0 Å². The lowest BCUT2D eigenvalue weighted by Crippen LogP contribution is -2.16. The van der Waals surface area contributed by atoms with Crippen molar-refractivity contribution in [3.05, 3.63) is 86.5 Å². The maximum atomic E-state index is 10.9. The van der Waals surface area contributed by atoms with Crippen LogP contribution in [-0.2, 0) is 22.7 Å². The van der Waals surface area contributed by atoms with E-state index in [9.17, 15) is 15.3 Å². The van der Waals surface area contributed by atoms with Crippen LogP contribution >= 0.6 is 0 Å². The van der Waals surface area contributed by atoms with E-state index in [4.69, 9.17) is 0 Å². The van der Waals surface area contributed by atoms with Gasteiger partial charge < -0.3 is 15.3 Å². The van der Waals surface area contributed by atoms with Gasteiger partial charge in [-0.2, -0.15) is 0 Å². The van der Waals surface area contributed by atoms with E-state index in [0.717, 1.165) is 46.2 Å². The average molecular weight is 531 g/mol. The van der Waals surface area contributed by atoms with Gasteiger partial charge in [0.05, 0.1) is 0 Å². The number of hydrogen-bond acceptors (Lipinski definition) is 3. The summed E-state index contributed by atoms with van der Waals surface area (Å²) in [5.41, 5.74) is 9.16. The van der Waals surface area contributed by atoms with Crippen molar-refractivity contribution in [3.63, 3.8) is 0 Å². The predicted octanol–water partition coefficient (Wildman–Crippen LogP) is 9.39. The maximum Gasteiger partial charge on any atom is 0.119 e. The predicted molar refractivity (Wildman–Crippen MR) is 165 cm³/mol. The molecule has 0 saturated carbocycles. The van der Waals surface area contributed by atoms with Gasteiger partial charge in [0.25, 0.3) is 0 Å². The molecule has 0 unspecified atom stereocenters. The SMILES string of the molecule is Cc1cc(O)c(C(C)(C)C)cc1CCC(c1cc(C(C)(C)C)c(O)cc1C)c1cc(C(C)(C)C)c(O)cc1C. The molecule has 0 bridgehead atoms. The number of benzene rings is 3. The highest BCUT2D eigenvalue weighted by Gasteiger charge is 2.28. The third-order valence-corrected chi connectivity index (χ3v) is 8.10. The normalized spacial score (nSPS) is 12.8. The smallest absolute Gasteiger partial charge is 0.119 e. The van der Waals surface area contributed by atoms with Crippen LogP contribution in [0.15, 0.2) is 36.4 Å². The Kier molecular flexibility index (Phi) is 8.29. The van der Waals surface area contributed by atoms with Crippen LogP contribution in [0, 0.1) is 20.8 Å². The molecule has 0 radical (unpaired) electrons. The highest BCUT2D eigenvalue weighted by atomic mass is 16.3. The van der Waals surface area contributed by atoms with E-state index in [-0.39, 0.29) is 22.2 Å². The quantitative estimate of drug-likeness (QED) is 0.308. The molecule has 3 N–H and O–H groups in total. The second kappa shape index (κ2) is 10.6. The third kappa shape index (κ3) is 6.62. The van der Waals surface area contributed by atoms with Crippen LogP contribution in [0.3, 0.4) is 0 Å². The van der Waals surface area contributed by atoms with Gasteiger partial charge in [0.15, 0.2) is 0 Å². The zero-order valence-corrected chi connectivity index (χ0v) is 26.3. The number of aromatic hydroxyl groups is 3. The Labute approximate surface area is 236 Å². The fourth-order valence-corrected chi connectivity index (χ4v) is 5.76. The summed E-state index contributed by atoms with van der Waals surface area (Å²) in [6.45, 7) is 25.4. The Balaban J connectivity index is 2.24. The summed E-state index contributed by atoms with van der Waals surface area (Å²) in [6, 6.07) is 12.3. The highest BCUT2D eigenvalue weighted by molar-refractivity contribution is 5.53. The summed E-state index contributed by atoms with van der Waals surface area (Å²) in [4.78, 5) is 0. The summed E-state index contributed by atoms with van der Waals surface area (Å²) in [6.07, 6.45) is 1.70. The average Bonchev–Trinajstić information content (AvgIpc) is 2.74. The Hall–Kier alpha value is -2.94. The second-order valence-corrected chi connectivity index (χ2v) is 14.6. The third-order valence-electron chi connectivity index (χ3n) is 8.10. The molecule has 3 rings (SSSR count). The topological polar surface area (TPSA) is 60.7 Å². The molecular formula is C36H50O3. The van der Waals surface area contributed by atoms with E-state index in [1.165, 1.54) is 16.7 Å². The van der Waals surface area contributed by atoms with Crippen molar-refractivity contribution < 1.29 is 15.3 Å². The van der Waals surface area contributed by atoms with E-state index in [0.29, 0.717) is 17.2 Å². The van der Waals surface area contributed by atoms with Crippen molar-refractivity contribution in [2.24, 2.45) is 0 Å². The van der Waals surface area contributed by atoms with Crippen molar-refractivity contribution in [1.29, 1.82) is 0 Å².